The molecule has 0 aromatic heterocycles. The van der Waals surface area contributed by atoms with Gasteiger partial charge in [0.05, 0.1) is 52.9 Å². The Hall–Kier alpha value is -2.86. The van der Waals surface area contributed by atoms with Crippen molar-refractivity contribution in [2.75, 3.05) is 92.1 Å². The lowest BCUT2D eigenvalue weighted by molar-refractivity contribution is 0.0114. The number of hydrogen-bond acceptors (Lipinski definition) is 10. The molecular weight excluding hydrogens is 488 g/mol. The number of hydrogen-bond donors (Lipinski definition) is 2. The third-order valence-electron chi connectivity index (χ3n) is 6.15. The van der Waals surface area contributed by atoms with Crippen molar-refractivity contribution in [3.8, 4) is 0 Å². The lowest BCUT2D eigenvalue weighted by Gasteiger charge is -2.24. The first-order chi connectivity index (χ1) is 18.8. The number of oxime groups is 2. The van der Waals surface area contributed by atoms with Crippen molar-refractivity contribution in [1.82, 2.24) is 9.80 Å². The second-order valence-electron chi connectivity index (χ2n) is 8.83. The van der Waals surface area contributed by atoms with Crippen LogP contribution in [0, 0.1) is 0 Å². The number of rotatable bonds is 6. The van der Waals surface area contributed by atoms with Gasteiger partial charge >= 0.3 is 0 Å². The largest absolute Gasteiger partial charge is 0.411 e. The van der Waals surface area contributed by atoms with Crippen molar-refractivity contribution in [3.05, 3.63) is 71.8 Å². The summed E-state index contributed by atoms with van der Waals surface area (Å²) in [5.74, 6) is 0. The summed E-state index contributed by atoms with van der Waals surface area (Å²) in [5, 5.41) is 26.2. The van der Waals surface area contributed by atoms with E-state index in [0.717, 1.165) is 11.1 Å². The van der Waals surface area contributed by atoms with E-state index in [1.807, 2.05) is 60.7 Å². The van der Waals surface area contributed by atoms with Crippen molar-refractivity contribution in [2.24, 2.45) is 10.3 Å². The van der Waals surface area contributed by atoms with E-state index in [1.54, 1.807) is 0 Å². The molecule has 2 N–H and O–H groups in total. The molecule has 1 heterocycles. The van der Waals surface area contributed by atoms with Gasteiger partial charge in [0.2, 0.25) is 0 Å². The molecule has 0 aliphatic carbocycles. The maximum absolute atomic E-state index is 9.58. The van der Waals surface area contributed by atoms with Gasteiger partial charge in [-0.2, -0.15) is 0 Å². The Balaban J connectivity index is 1.48. The fourth-order valence-electron chi connectivity index (χ4n) is 4.00. The zero-order valence-corrected chi connectivity index (χ0v) is 22.0. The highest BCUT2D eigenvalue weighted by Gasteiger charge is 2.14. The summed E-state index contributed by atoms with van der Waals surface area (Å²) in [4.78, 5) is 4.30. The van der Waals surface area contributed by atoms with Crippen LogP contribution in [-0.4, -0.2) is 124 Å². The van der Waals surface area contributed by atoms with Crippen LogP contribution in [0.4, 0.5) is 0 Å². The molecule has 2 aromatic carbocycles. The molecule has 10 nitrogen and oxygen atoms in total. The molecule has 38 heavy (non-hydrogen) atoms. The fraction of sp³-hybridized carbons (Fsp3) is 0.500. The van der Waals surface area contributed by atoms with Crippen molar-refractivity contribution in [1.29, 1.82) is 0 Å². The van der Waals surface area contributed by atoms with Crippen LogP contribution in [0.2, 0.25) is 0 Å². The van der Waals surface area contributed by atoms with Gasteiger partial charge in [-0.1, -0.05) is 71.0 Å². The van der Waals surface area contributed by atoms with Crippen LogP contribution < -0.4 is 0 Å². The van der Waals surface area contributed by atoms with Crippen LogP contribution in [0.1, 0.15) is 11.1 Å². The van der Waals surface area contributed by atoms with E-state index >= 15 is 0 Å². The molecule has 208 valence electrons. The van der Waals surface area contributed by atoms with Crippen molar-refractivity contribution in [2.45, 2.75) is 0 Å². The van der Waals surface area contributed by atoms with E-state index in [2.05, 4.69) is 20.1 Å². The first-order valence-corrected chi connectivity index (χ1v) is 13.1. The molecule has 0 atom stereocenters. The zero-order valence-electron chi connectivity index (χ0n) is 22.0. The first kappa shape index (κ1) is 29.7. The van der Waals surface area contributed by atoms with E-state index in [0.29, 0.717) is 104 Å². The van der Waals surface area contributed by atoms with E-state index < -0.39 is 0 Å². The van der Waals surface area contributed by atoms with Gasteiger partial charge in [-0.15, -0.1) is 0 Å². The van der Waals surface area contributed by atoms with E-state index in [9.17, 15) is 10.4 Å². The Morgan fingerprint density at radius 2 is 0.842 bits per heavy atom. The molecule has 1 saturated heterocycles. The molecule has 1 aliphatic heterocycles. The van der Waals surface area contributed by atoms with Gasteiger partial charge in [-0.25, -0.2) is 0 Å². The summed E-state index contributed by atoms with van der Waals surface area (Å²) in [6.45, 7) is 7.70. The summed E-state index contributed by atoms with van der Waals surface area (Å²) in [6.07, 6.45) is 0. The minimum Gasteiger partial charge on any atom is -0.411 e. The van der Waals surface area contributed by atoms with Gasteiger partial charge < -0.3 is 29.4 Å². The lowest BCUT2D eigenvalue weighted by Crippen LogP contribution is -2.37. The van der Waals surface area contributed by atoms with Crippen molar-refractivity contribution in [3.63, 3.8) is 0 Å². The second-order valence-corrected chi connectivity index (χ2v) is 8.83. The van der Waals surface area contributed by atoms with Gasteiger partial charge in [0.25, 0.3) is 0 Å². The van der Waals surface area contributed by atoms with Gasteiger partial charge in [-0.3, -0.25) is 9.80 Å². The highest BCUT2D eigenvalue weighted by atomic mass is 16.5. The van der Waals surface area contributed by atoms with E-state index in [-0.39, 0.29) is 0 Å². The lowest BCUT2D eigenvalue weighted by atomic mass is 10.1. The molecule has 1 aliphatic rings. The molecule has 0 unspecified atom stereocenters. The second kappa shape index (κ2) is 18.4. The average molecular weight is 529 g/mol. The third kappa shape index (κ3) is 11.3. The Kier molecular flexibility index (Phi) is 14.4. The molecular formula is C28H40N4O6. The summed E-state index contributed by atoms with van der Waals surface area (Å²) >= 11 is 0. The van der Waals surface area contributed by atoms with Crippen LogP contribution in [-0.2, 0) is 18.9 Å². The van der Waals surface area contributed by atoms with Crippen LogP contribution in [0.15, 0.2) is 71.0 Å². The number of benzene rings is 2. The molecule has 0 radical (unpaired) electrons. The topological polar surface area (TPSA) is 109 Å². The monoisotopic (exact) mass is 528 g/mol. The predicted molar refractivity (Wildman–Crippen MR) is 146 cm³/mol. The Morgan fingerprint density at radius 3 is 1.13 bits per heavy atom. The quantitative estimate of drug-likeness (QED) is 0.334. The minimum absolute atomic E-state index is 0.484. The molecule has 0 amide bonds. The number of ether oxygens (including phenoxy) is 4. The van der Waals surface area contributed by atoms with Gasteiger partial charge in [0, 0.05) is 50.4 Å². The first-order valence-electron chi connectivity index (χ1n) is 13.1. The SMILES string of the molecule is O/N=C(/CN1CCOCCOCCN(C/C(=N/O)c2ccccc2)CCOCCOCC1)c1ccccc1. The maximum atomic E-state index is 9.58. The van der Waals surface area contributed by atoms with E-state index in [1.165, 1.54) is 0 Å². The normalized spacial score (nSPS) is 19.5. The smallest absolute Gasteiger partial charge is 0.101 e. The fourth-order valence-corrected chi connectivity index (χ4v) is 4.00. The van der Waals surface area contributed by atoms with Crippen LogP contribution >= 0.6 is 0 Å². The Labute approximate surface area is 225 Å². The van der Waals surface area contributed by atoms with Crippen LogP contribution in [0.25, 0.3) is 0 Å². The summed E-state index contributed by atoms with van der Waals surface area (Å²) in [5.41, 5.74) is 2.97. The minimum atomic E-state index is 0.484. The average Bonchev–Trinajstić information content (AvgIpc) is 2.96. The molecule has 1 fully saturated rings. The van der Waals surface area contributed by atoms with Crippen LogP contribution in [0.5, 0.6) is 0 Å². The molecule has 0 bridgehead atoms. The predicted octanol–water partition coefficient (Wildman–Crippen LogP) is 2.43. The van der Waals surface area contributed by atoms with Crippen molar-refractivity contribution < 1.29 is 29.4 Å². The molecule has 3 rings (SSSR count). The number of nitrogens with zero attached hydrogens (tertiary/aromatic N) is 4. The van der Waals surface area contributed by atoms with Crippen molar-refractivity contribution >= 4 is 11.4 Å². The summed E-state index contributed by atoms with van der Waals surface area (Å²) < 4.78 is 23.2. The summed E-state index contributed by atoms with van der Waals surface area (Å²) in [7, 11) is 0. The van der Waals surface area contributed by atoms with Gasteiger partial charge in [0.1, 0.15) is 11.4 Å². The molecule has 0 saturated carbocycles. The Bertz CT molecular complexity index is 847. The van der Waals surface area contributed by atoms with Gasteiger partial charge in [-0.05, 0) is 0 Å². The van der Waals surface area contributed by atoms with Gasteiger partial charge in [0.15, 0.2) is 0 Å². The zero-order chi connectivity index (χ0) is 26.7. The molecule has 10 heteroatoms. The Morgan fingerprint density at radius 1 is 0.526 bits per heavy atom. The molecule has 0 spiro atoms. The highest BCUT2D eigenvalue weighted by Crippen LogP contribution is 2.05. The third-order valence-corrected chi connectivity index (χ3v) is 6.15. The molecule has 2 aromatic rings. The van der Waals surface area contributed by atoms with Crippen LogP contribution in [0.3, 0.4) is 0 Å². The highest BCUT2D eigenvalue weighted by molar-refractivity contribution is 6.02. The standard InChI is InChI=1S/C28H40N4O6/c33-29-27(25-7-3-1-4-8-25)23-31-11-15-35-19-21-37-17-13-32(14-18-38-22-20-36-16-12-31)24-28(30-34)26-9-5-2-6-10-26/h1-10,33-34H,11-24H2/b29-27-,30-28-. The maximum Gasteiger partial charge on any atom is 0.101 e. The summed E-state index contributed by atoms with van der Waals surface area (Å²) in [6, 6.07) is 19.3. The van der Waals surface area contributed by atoms with E-state index in [4.69, 9.17) is 18.9 Å².